The Balaban J connectivity index is 0. The molecule has 0 aliphatic heterocycles. The molecule has 0 aromatic heterocycles. The van der Waals surface area contributed by atoms with Crippen LogP contribution >= 0.6 is 0 Å². The van der Waals surface area contributed by atoms with E-state index >= 15 is 0 Å². The van der Waals surface area contributed by atoms with Gasteiger partial charge in [-0.1, -0.05) is 6.08 Å². The quantitative estimate of drug-likeness (QED) is 0.438. The summed E-state index contributed by atoms with van der Waals surface area (Å²) in [6, 6.07) is 0. The van der Waals surface area contributed by atoms with Crippen LogP contribution in [-0.4, -0.2) is 16.4 Å². The van der Waals surface area contributed by atoms with Gasteiger partial charge in [-0.15, -0.1) is 0 Å². The van der Waals surface area contributed by atoms with Crippen LogP contribution in [0.4, 0.5) is 4.79 Å². The third-order valence-corrected chi connectivity index (χ3v) is 0.192. The van der Waals surface area contributed by atoms with Crippen LogP contribution in [-0.2, 0) is 0 Å². The van der Waals surface area contributed by atoms with E-state index in [1.807, 2.05) is 6.92 Å². The first-order valence-electron chi connectivity index (χ1n) is 1.90. The maximum absolute atomic E-state index is 8.56. The number of allylic oxidation sites excluding steroid dienone is 1. The van der Waals surface area contributed by atoms with Gasteiger partial charge >= 0.3 is 6.16 Å². The van der Waals surface area contributed by atoms with Gasteiger partial charge in [-0.05, 0) is 13.1 Å². The highest BCUT2D eigenvalue weighted by molar-refractivity contribution is 5.53. The zero-order chi connectivity index (χ0) is 6.99. The molecule has 48 valence electrons. The van der Waals surface area contributed by atoms with Gasteiger partial charge in [0.25, 0.3) is 0 Å². The number of rotatable bonds is 0. The third kappa shape index (κ3) is 1930. The second-order valence-corrected chi connectivity index (χ2v) is 0.808. The SMILES string of the molecule is CC=CN.O=C(O)O. The van der Waals surface area contributed by atoms with Gasteiger partial charge in [0.1, 0.15) is 0 Å². The first-order valence-corrected chi connectivity index (χ1v) is 1.90. The fraction of sp³-hybridized carbons (Fsp3) is 0.250. The Hall–Kier alpha value is -1.19. The topological polar surface area (TPSA) is 83.6 Å². The highest BCUT2D eigenvalue weighted by atomic mass is 16.6. The molecule has 8 heavy (non-hydrogen) atoms. The smallest absolute Gasteiger partial charge is 0.450 e. The van der Waals surface area contributed by atoms with E-state index in [0.717, 1.165) is 0 Å². The van der Waals surface area contributed by atoms with Gasteiger partial charge in [-0.2, -0.15) is 0 Å². The normalized spacial score (nSPS) is 7.62. The average Bonchev–Trinajstić information content (AvgIpc) is 1.65. The highest BCUT2D eigenvalue weighted by Crippen LogP contribution is 1.47. The van der Waals surface area contributed by atoms with E-state index in [9.17, 15) is 0 Å². The lowest BCUT2D eigenvalue weighted by atomic mass is 10.7. The fourth-order valence-corrected chi connectivity index (χ4v) is 0. The summed E-state index contributed by atoms with van der Waals surface area (Å²) in [4.78, 5) is 8.56. The minimum Gasteiger partial charge on any atom is -0.450 e. The monoisotopic (exact) mass is 119 g/mol. The van der Waals surface area contributed by atoms with Gasteiger partial charge in [-0.25, -0.2) is 4.79 Å². The molecule has 0 bridgehead atoms. The molecule has 0 saturated carbocycles. The van der Waals surface area contributed by atoms with Crippen molar-refractivity contribution in [2.45, 2.75) is 6.92 Å². The van der Waals surface area contributed by atoms with E-state index in [-0.39, 0.29) is 0 Å². The summed E-state index contributed by atoms with van der Waals surface area (Å²) >= 11 is 0. The van der Waals surface area contributed by atoms with Gasteiger partial charge in [0.05, 0.1) is 0 Å². The van der Waals surface area contributed by atoms with Crippen LogP contribution in [0, 0.1) is 0 Å². The van der Waals surface area contributed by atoms with Gasteiger partial charge in [0.2, 0.25) is 0 Å². The Morgan fingerprint density at radius 1 is 1.62 bits per heavy atom. The summed E-state index contributed by atoms with van der Waals surface area (Å²) in [5.74, 6) is 0. The molecule has 0 saturated heterocycles. The van der Waals surface area contributed by atoms with Crippen molar-refractivity contribution in [2.24, 2.45) is 5.73 Å². The summed E-state index contributed by atoms with van der Waals surface area (Å²) in [5.41, 5.74) is 4.85. The second-order valence-electron chi connectivity index (χ2n) is 0.808. The predicted molar refractivity (Wildman–Crippen MR) is 29.7 cm³/mol. The molecule has 0 spiro atoms. The van der Waals surface area contributed by atoms with E-state index < -0.39 is 6.16 Å². The second kappa shape index (κ2) is 9.26. The molecular weight excluding hydrogens is 110 g/mol. The van der Waals surface area contributed by atoms with Gasteiger partial charge in [0.15, 0.2) is 0 Å². The van der Waals surface area contributed by atoms with Crippen molar-refractivity contribution < 1.29 is 15.0 Å². The molecule has 0 rings (SSSR count). The van der Waals surface area contributed by atoms with Crippen molar-refractivity contribution in [1.82, 2.24) is 0 Å². The number of carboxylic acid groups (broad SMARTS) is 2. The van der Waals surface area contributed by atoms with Crippen molar-refractivity contribution in [3.63, 3.8) is 0 Å². The van der Waals surface area contributed by atoms with Crippen molar-refractivity contribution >= 4 is 6.16 Å². The van der Waals surface area contributed by atoms with Crippen LogP contribution in [0.5, 0.6) is 0 Å². The molecule has 0 aliphatic rings. The Labute approximate surface area is 47.2 Å². The molecule has 0 aromatic rings. The summed E-state index contributed by atoms with van der Waals surface area (Å²) in [5, 5.41) is 13.9. The summed E-state index contributed by atoms with van der Waals surface area (Å²) in [6.07, 6.45) is 1.44. The zero-order valence-corrected chi connectivity index (χ0v) is 4.53. The molecule has 0 unspecified atom stereocenters. The Morgan fingerprint density at radius 2 is 1.75 bits per heavy atom. The minimum absolute atomic E-state index is 1.50. The van der Waals surface area contributed by atoms with Crippen LogP contribution in [0.15, 0.2) is 12.3 Å². The van der Waals surface area contributed by atoms with Crippen LogP contribution in [0.2, 0.25) is 0 Å². The number of nitrogens with two attached hydrogens (primary N) is 1. The Morgan fingerprint density at radius 3 is 1.75 bits per heavy atom. The first kappa shape index (κ1) is 9.94. The lowest BCUT2D eigenvalue weighted by Crippen LogP contribution is -1.81. The lowest BCUT2D eigenvalue weighted by molar-refractivity contribution is 0.137. The number of hydrogen-bond donors (Lipinski definition) is 3. The van der Waals surface area contributed by atoms with E-state index in [0.29, 0.717) is 0 Å². The van der Waals surface area contributed by atoms with Crippen molar-refractivity contribution in [3.05, 3.63) is 12.3 Å². The van der Waals surface area contributed by atoms with Gasteiger partial charge in [0, 0.05) is 0 Å². The Kier molecular flexibility index (Phi) is 11.5. The molecule has 0 aromatic carbocycles. The lowest BCUT2D eigenvalue weighted by Gasteiger charge is -1.60. The molecule has 0 heterocycles. The van der Waals surface area contributed by atoms with E-state index in [1.165, 1.54) is 6.20 Å². The molecule has 0 atom stereocenters. The summed E-state index contributed by atoms with van der Waals surface area (Å²) < 4.78 is 0. The summed E-state index contributed by atoms with van der Waals surface area (Å²) in [7, 11) is 0. The van der Waals surface area contributed by atoms with Crippen molar-refractivity contribution in [3.8, 4) is 0 Å². The number of carbonyl (C=O) groups is 1. The summed E-state index contributed by atoms with van der Waals surface area (Å²) in [6.45, 7) is 1.88. The standard InChI is InChI=1S/C3H7N.CH2O3/c1-2-3-4;2-1(3)4/h2-3H,4H2,1H3;(H2,2,3,4). The van der Waals surface area contributed by atoms with Gasteiger partial charge in [-0.3, -0.25) is 0 Å². The van der Waals surface area contributed by atoms with E-state index in [2.05, 4.69) is 0 Å². The molecular formula is C4H9NO3. The largest absolute Gasteiger partial charge is 0.503 e. The zero-order valence-electron chi connectivity index (χ0n) is 4.53. The van der Waals surface area contributed by atoms with Crippen molar-refractivity contribution in [2.75, 3.05) is 0 Å². The maximum Gasteiger partial charge on any atom is 0.503 e. The highest BCUT2D eigenvalue weighted by Gasteiger charge is 1.70. The molecule has 4 heteroatoms. The molecule has 0 fully saturated rings. The van der Waals surface area contributed by atoms with Crippen LogP contribution in [0.25, 0.3) is 0 Å². The number of hydrogen-bond acceptors (Lipinski definition) is 2. The van der Waals surface area contributed by atoms with Crippen LogP contribution < -0.4 is 5.73 Å². The molecule has 4 N–H and O–H groups in total. The average molecular weight is 119 g/mol. The van der Waals surface area contributed by atoms with E-state index in [4.69, 9.17) is 20.7 Å². The van der Waals surface area contributed by atoms with Crippen LogP contribution in [0.1, 0.15) is 6.92 Å². The third-order valence-electron chi connectivity index (χ3n) is 0.192. The van der Waals surface area contributed by atoms with Crippen molar-refractivity contribution in [1.29, 1.82) is 0 Å². The first-order chi connectivity index (χ1) is 3.65. The maximum atomic E-state index is 8.56. The minimum atomic E-state index is -1.83. The fourth-order valence-electron chi connectivity index (χ4n) is 0. The molecule has 0 radical (unpaired) electrons. The molecule has 0 amide bonds. The predicted octanol–water partition coefficient (Wildman–Crippen LogP) is 0.701. The molecule has 0 aliphatic carbocycles. The molecule has 4 nitrogen and oxygen atoms in total. The van der Waals surface area contributed by atoms with Crippen LogP contribution in [0.3, 0.4) is 0 Å². The van der Waals surface area contributed by atoms with E-state index in [1.54, 1.807) is 6.08 Å². The van der Waals surface area contributed by atoms with Gasteiger partial charge < -0.3 is 15.9 Å². The Bertz CT molecular complexity index is 71.4.